The van der Waals surface area contributed by atoms with E-state index in [1.165, 1.54) is 51.4 Å². The highest BCUT2D eigenvalue weighted by Crippen LogP contribution is 2.57. The maximum absolute atomic E-state index is 14.5. The molecule has 1 heterocycles. The fourth-order valence-electron chi connectivity index (χ4n) is 6.17. The lowest BCUT2D eigenvalue weighted by Crippen LogP contribution is -2.53. The van der Waals surface area contributed by atoms with Crippen molar-refractivity contribution in [3.8, 4) is 5.75 Å². The van der Waals surface area contributed by atoms with Crippen molar-refractivity contribution in [2.24, 2.45) is 17.8 Å². The van der Waals surface area contributed by atoms with Crippen LogP contribution < -0.4 is 9.64 Å². The Morgan fingerprint density at radius 3 is 2.13 bits per heavy atom. The molecule has 4 saturated carbocycles. The number of ether oxygens (including phenoxy) is 1. The molecule has 1 saturated heterocycles. The summed E-state index contributed by atoms with van der Waals surface area (Å²) >= 11 is 0. The van der Waals surface area contributed by atoms with Gasteiger partial charge in [0.1, 0.15) is 17.2 Å². The van der Waals surface area contributed by atoms with Gasteiger partial charge in [0.05, 0.1) is 5.69 Å². The second kappa shape index (κ2) is 5.12. The van der Waals surface area contributed by atoms with Gasteiger partial charge in [-0.1, -0.05) is 0 Å². The summed E-state index contributed by atoms with van der Waals surface area (Å²) in [6.07, 6.45) is 10.1. The van der Waals surface area contributed by atoms with Gasteiger partial charge < -0.3 is 9.64 Å². The van der Waals surface area contributed by atoms with Gasteiger partial charge in [0.2, 0.25) is 0 Å². The van der Waals surface area contributed by atoms with Crippen LogP contribution in [0.25, 0.3) is 0 Å². The number of nitrogens with zero attached hydrogens (tertiary/aromatic N) is 1. The first-order chi connectivity index (χ1) is 11.2. The molecule has 1 aromatic carbocycles. The molecule has 0 aromatic heterocycles. The zero-order chi connectivity index (χ0) is 15.4. The minimum absolute atomic E-state index is 0.0103. The third kappa shape index (κ3) is 2.43. The Labute approximate surface area is 138 Å². The summed E-state index contributed by atoms with van der Waals surface area (Å²) < 4.78 is 21.0. The molecule has 0 spiro atoms. The summed E-state index contributed by atoms with van der Waals surface area (Å²) in [5.41, 5.74) is 0.761. The molecule has 5 aliphatic rings. The number of benzene rings is 1. The van der Waals surface area contributed by atoms with Crippen molar-refractivity contribution in [3.63, 3.8) is 0 Å². The first-order valence-electron chi connectivity index (χ1n) is 9.43. The Kier molecular flexibility index (Phi) is 3.15. The first-order valence-corrected chi connectivity index (χ1v) is 9.43. The van der Waals surface area contributed by atoms with Gasteiger partial charge in [-0.15, -0.1) is 0 Å². The van der Waals surface area contributed by atoms with Gasteiger partial charge in [-0.25, -0.2) is 4.39 Å². The van der Waals surface area contributed by atoms with Crippen LogP contribution in [0.2, 0.25) is 0 Å². The van der Waals surface area contributed by atoms with Gasteiger partial charge in [-0.2, -0.15) is 0 Å². The van der Waals surface area contributed by atoms with Crippen LogP contribution in [0.15, 0.2) is 18.2 Å². The van der Waals surface area contributed by atoms with Crippen LogP contribution in [-0.4, -0.2) is 18.7 Å². The number of rotatable bonds is 3. The predicted molar refractivity (Wildman–Crippen MR) is 89.4 cm³/mol. The lowest BCUT2D eigenvalue weighted by molar-refractivity contribution is -0.107. The Bertz CT molecular complexity index is 572. The van der Waals surface area contributed by atoms with Crippen molar-refractivity contribution in [2.75, 3.05) is 18.0 Å². The van der Waals surface area contributed by atoms with E-state index in [4.69, 9.17) is 4.74 Å². The van der Waals surface area contributed by atoms with Crippen molar-refractivity contribution >= 4 is 5.69 Å². The van der Waals surface area contributed by atoms with E-state index in [9.17, 15) is 4.39 Å². The molecule has 23 heavy (non-hydrogen) atoms. The second-order valence-corrected chi connectivity index (χ2v) is 8.51. The predicted octanol–water partition coefficient (Wildman–Crippen LogP) is 4.77. The molecular weight excluding hydrogens is 289 g/mol. The molecule has 0 atom stereocenters. The molecule has 0 unspecified atom stereocenters. The summed E-state index contributed by atoms with van der Waals surface area (Å²) in [6.45, 7) is 1.96. The summed E-state index contributed by atoms with van der Waals surface area (Å²) in [5, 5.41) is 0. The molecule has 3 heteroatoms. The molecule has 1 aliphatic heterocycles. The van der Waals surface area contributed by atoms with Crippen LogP contribution >= 0.6 is 0 Å². The topological polar surface area (TPSA) is 12.5 Å². The summed E-state index contributed by atoms with van der Waals surface area (Å²) in [7, 11) is 0. The molecule has 4 bridgehead atoms. The Morgan fingerprint density at radius 2 is 1.57 bits per heavy atom. The van der Waals surface area contributed by atoms with Gasteiger partial charge in [0.25, 0.3) is 0 Å². The zero-order valence-corrected chi connectivity index (χ0v) is 13.8. The first kappa shape index (κ1) is 14.1. The van der Waals surface area contributed by atoms with E-state index >= 15 is 0 Å². The van der Waals surface area contributed by atoms with Crippen LogP contribution in [0.5, 0.6) is 5.75 Å². The quantitative estimate of drug-likeness (QED) is 0.796. The molecule has 0 amide bonds. The lowest BCUT2D eigenvalue weighted by Gasteiger charge is -2.56. The highest BCUT2D eigenvalue weighted by molar-refractivity contribution is 5.51. The van der Waals surface area contributed by atoms with E-state index in [-0.39, 0.29) is 11.4 Å². The monoisotopic (exact) mass is 315 g/mol. The molecule has 1 aromatic rings. The van der Waals surface area contributed by atoms with E-state index in [1.807, 2.05) is 12.1 Å². The maximum atomic E-state index is 14.5. The summed E-state index contributed by atoms with van der Waals surface area (Å²) in [4.78, 5) is 2.16. The lowest BCUT2D eigenvalue weighted by atomic mass is 9.54. The van der Waals surface area contributed by atoms with Crippen LogP contribution in [-0.2, 0) is 0 Å². The smallest absolute Gasteiger partial charge is 0.150 e. The van der Waals surface area contributed by atoms with Crippen LogP contribution in [0.1, 0.15) is 51.4 Å². The average Bonchev–Trinajstić information content (AvgIpc) is 2.99. The van der Waals surface area contributed by atoms with Crippen molar-refractivity contribution < 1.29 is 9.13 Å². The molecule has 6 rings (SSSR count). The number of hydrogen-bond donors (Lipinski definition) is 0. The maximum Gasteiger partial charge on any atom is 0.150 e. The standard InChI is InChI=1S/C20H26FNO/c21-18-10-17(3-4-19(18)22-5-1-2-6-22)23-20-11-14-7-15(12-20)9-16(8-14)13-20/h3-4,10,14-16H,1-2,5-9,11-13H2. The molecule has 0 N–H and O–H groups in total. The summed E-state index contributed by atoms with van der Waals surface area (Å²) in [6, 6.07) is 5.55. The van der Waals surface area contributed by atoms with Crippen molar-refractivity contribution in [2.45, 2.75) is 57.0 Å². The largest absolute Gasteiger partial charge is 0.487 e. The Morgan fingerprint density at radius 1 is 0.957 bits per heavy atom. The van der Waals surface area contributed by atoms with Gasteiger partial charge in [0, 0.05) is 19.2 Å². The normalized spacial score (nSPS) is 38.3. The van der Waals surface area contributed by atoms with Crippen LogP contribution in [0.4, 0.5) is 10.1 Å². The number of hydrogen-bond acceptors (Lipinski definition) is 2. The Balaban J connectivity index is 1.37. The second-order valence-electron chi connectivity index (χ2n) is 8.51. The van der Waals surface area contributed by atoms with E-state index in [1.54, 1.807) is 6.07 Å². The Hall–Kier alpha value is -1.25. The number of anilines is 1. The fraction of sp³-hybridized carbons (Fsp3) is 0.700. The van der Waals surface area contributed by atoms with E-state index in [0.717, 1.165) is 42.3 Å². The van der Waals surface area contributed by atoms with E-state index in [2.05, 4.69) is 4.90 Å². The van der Waals surface area contributed by atoms with E-state index < -0.39 is 0 Å². The highest BCUT2D eigenvalue weighted by atomic mass is 19.1. The number of halogens is 1. The molecule has 0 radical (unpaired) electrons. The van der Waals surface area contributed by atoms with Gasteiger partial charge in [-0.3, -0.25) is 0 Å². The van der Waals surface area contributed by atoms with Gasteiger partial charge in [-0.05, 0) is 81.3 Å². The average molecular weight is 315 g/mol. The highest BCUT2D eigenvalue weighted by Gasteiger charge is 2.52. The molecule has 2 nitrogen and oxygen atoms in total. The van der Waals surface area contributed by atoms with Crippen molar-refractivity contribution in [1.82, 2.24) is 0 Å². The molecular formula is C20H26FNO. The summed E-state index contributed by atoms with van der Waals surface area (Å²) in [5.74, 6) is 3.20. The minimum atomic E-state index is -0.117. The SMILES string of the molecule is Fc1cc(OC23CC4CC(CC(C4)C2)C3)ccc1N1CCCC1. The fourth-order valence-corrected chi connectivity index (χ4v) is 6.17. The van der Waals surface area contributed by atoms with Crippen LogP contribution in [0.3, 0.4) is 0 Å². The van der Waals surface area contributed by atoms with Crippen LogP contribution in [0, 0.1) is 23.6 Å². The van der Waals surface area contributed by atoms with Gasteiger partial charge in [0.15, 0.2) is 0 Å². The third-order valence-corrected chi connectivity index (χ3v) is 6.68. The van der Waals surface area contributed by atoms with E-state index in [0.29, 0.717) is 0 Å². The molecule has 4 aliphatic carbocycles. The minimum Gasteiger partial charge on any atom is -0.487 e. The third-order valence-electron chi connectivity index (χ3n) is 6.68. The zero-order valence-electron chi connectivity index (χ0n) is 13.8. The molecule has 124 valence electrons. The van der Waals surface area contributed by atoms with Crippen molar-refractivity contribution in [1.29, 1.82) is 0 Å². The van der Waals surface area contributed by atoms with Gasteiger partial charge >= 0.3 is 0 Å². The van der Waals surface area contributed by atoms with Crippen molar-refractivity contribution in [3.05, 3.63) is 24.0 Å². The molecule has 5 fully saturated rings.